The first-order valence-corrected chi connectivity index (χ1v) is 7.68. The van der Waals surface area contributed by atoms with E-state index in [2.05, 4.69) is 10.6 Å². The molecular weight excluding hydrogens is 278 g/mol. The number of nitrogens with zero attached hydrogens (tertiary/aromatic N) is 1. The van der Waals surface area contributed by atoms with E-state index in [0.29, 0.717) is 11.3 Å². The minimum absolute atomic E-state index is 0.0569. The van der Waals surface area contributed by atoms with Gasteiger partial charge in [0.25, 0.3) is 11.6 Å². The van der Waals surface area contributed by atoms with Crippen LogP contribution >= 0.6 is 11.8 Å². The average molecular weight is 297 g/mol. The third-order valence-electron chi connectivity index (χ3n) is 2.92. The number of rotatable bonds is 7. The second kappa shape index (κ2) is 7.74. The molecule has 1 aromatic rings. The van der Waals surface area contributed by atoms with Crippen molar-refractivity contribution in [2.24, 2.45) is 0 Å². The van der Waals surface area contributed by atoms with Crippen molar-refractivity contribution in [3.8, 4) is 0 Å². The van der Waals surface area contributed by atoms with Crippen LogP contribution < -0.4 is 10.6 Å². The fourth-order valence-corrected chi connectivity index (χ4v) is 2.50. The van der Waals surface area contributed by atoms with Crippen molar-refractivity contribution in [1.82, 2.24) is 5.32 Å². The lowest BCUT2D eigenvalue weighted by atomic mass is 10.1. The molecule has 0 saturated heterocycles. The van der Waals surface area contributed by atoms with Gasteiger partial charge in [-0.3, -0.25) is 14.9 Å². The van der Waals surface area contributed by atoms with Gasteiger partial charge in [-0.2, -0.15) is 11.8 Å². The molecule has 0 spiro atoms. The van der Waals surface area contributed by atoms with Gasteiger partial charge in [0, 0.05) is 36.7 Å². The number of non-ortho nitro benzene ring substituents is 1. The van der Waals surface area contributed by atoms with Gasteiger partial charge in [0.2, 0.25) is 0 Å². The van der Waals surface area contributed by atoms with Crippen LogP contribution in [0.4, 0.5) is 11.4 Å². The first kappa shape index (κ1) is 16.3. The third-order valence-corrected chi connectivity index (χ3v) is 3.66. The monoisotopic (exact) mass is 297 g/mol. The fraction of sp³-hybridized carbons (Fsp3) is 0.462. The molecule has 2 N–H and O–H groups in total. The summed E-state index contributed by atoms with van der Waals surface area (Å²) in [5, 5.41) is 16.6. The molecule has 110 valence electrons. The molecule has 1 aromatic carbocycles. The smallest absolute Gasteiger partial charge is 0.270 e. The molecule has 1 atom stereocenters. The third kappa shape index (κ3) is 4.12. The zero-order valence-electron chi connectivity index (χ0n) is 11.8. The average Bonchev–Trinajstić information content (AvgIpc) is 2.45. The molecule has 0 aromatic heterocycles. The van der Waals surface area contributed by atoms with E-state index in [9.17, 15) is 14.9 Å². The Morgan fingerprint density at radius 1 is 1.50 bits per heavy atom. The van der Waals surface area contributed by atoms with Gasteiger partial charge in [-0.25, -0.2) is 0 Å². The summed E-state index contributed by atoms with van der Waals surface area (Å²) in [4.78, 5) is 22.6. The quantitative estimate of drug-likeness (QED) is 0.596. The summed E-state index contributed by atoms with van der Waals surface area (Å²) >= 11 is 1.65. The SMILES string of the molecule is CCC(CSC)NC(=O)c1cc([N+](=O)[O-])ccc1NC. The Kier molecular flexibility index (Phi) is 6.30. The highest BCUT2D eigenvalue weighted by Crippen LogP contribution is 2.22. The van der Waals surface area contributed by atoms with Gasteiger partial charge >= 0.3 is 0 Å². The fourth-order valence-electron chi connectivity index (χ4n) is 1.78. The number of hydrogen-bond acceptors (Lipinski definition) is 5. The number of amides is 1. The summed E-state index contributed by atoms with van der Waals surface area (Å²) in [7, 11) is 1.68. The molecule has 0 radical (unpaired) electrons. The van der Waals surface area contributed by atoms with Crippen LogP contribution in [-0.4, -0.2) is 35.9 Å². The van der Waals surface area contributed by atoms with Crippen LogP contribution in [0.25, 0.3) is 0 Å². The van der Waals surface area contributed by atoms with E-state index < -0.39 is 4.92 Å². The molecular formula is C13H19N3O3S. The highest BCUT2D eigenvalue weighted by molar-refractivity contribution is 7.98. The largest absolute Gasteiger partial charge is 0.387 e. The van der Waals surface area contributed by atoms with Crippen molar-refractivity contribution < 1.29 is 9.72 Å². The second-order valence-corrected chi connectivity index (χ2v) is 5.18. The topological polar surface area (TPSA) is 84.3 Å². The molecule has 0 bridgehead atoms. The number of nitrogens with one attached hydrogen (secondary N) is 2. The van der Waals surface area contributed by atoms with Crippen LogP contribution in [0.1, 0.15) is 23.7 Å². The lowest BCUT2D eigenvalue weighted by Gasteiger charge is -2.17. The zero-order chi connectivity index (χ0) is 15.1. The second-order valence-electron chi connectivity index (χ2n) is 4.27. The van der Waals surface area contributed by atoms with Gasteiger partial charge in [-0.15, -0.1) is 0 Å². The van der Waals surface area contributed by atoms with Crippen LogP contribution in [0, 0.1) is 10.1 Å². The zero-order valence-corrected chi connectivity index (χ0v) is 12.6. The highest BCUT2D eigenvalue weighted by atomic mass is 32.2. The minimum Gasteiger partial charge on any atom is -0.387 e. The molecule has 0 fully saturated rings. The van der Waals surface area contributed by atoms with Crippen LogP contribution in [0.2, 0.25) is 0 Å². The van der Waals surface area contributed by atoms with Gasteiger partial charge in [-0.1, -0.05) is 6.92 Å². The van der Waals surface area contributed by atoms with Gasteiger partial charge in [0.05, 0.1) is 10.5 Å². The Bertz CT molecular complexity index is 494. The normalized spacial score (nSPS) is 11.8. The van der Waals surface area contributed by atoms with Crippen LogP contribution in [0.3, 0.4) is 0 Å². The molecule has 20 heavy (non-hydrogen) atoms. The van der Waals surface area contributed by atoms with E-state index in [0.717, 1.165) is 12.2 Å². The van der Waals surface area contributed by atoms with E-state index >= 15 is 0 Å². The number of nitro benzene ring substituents is 1. The maximum absolute atomic E-state index is 12.3. The minimum atomic E-state index is -0.505. The Morgan fingerprint density at radius 3 is 2.70 bits per heavy atom. The Hall–Kier alpha value is -1.76. The number of hydrogen-bond donors (Lipinski definition) is 2. The summed E-state index contributed by atoms with van der Waals surface area (Å²) in [6.45, 7) is 1.99. The van der Waals surface area contributed by atoms with Gasteiger partial charge in [-0.05, 0) is 18.7 Å². The van der Waals surface area contributed by atoms with Crippen molar-refractivity contribution in [2.75, 3.05) is 24.4 Å². The number of thioether (sulfide) groups is 1. The van der Waals surface area contributed by atoms with Crippen LogP contribution in [-0.2, 0) is 0 Å². The maximum atomic E-state index is 12.3. The maximum Gasteiger partial charge on any atom is 0.270 e. The predicted molar refractivity (Wildman–Crippen MR) is 82.6 cm³/mol. The van der Waals surface area contributed by atoms with Crippen molar-refractivity contribution in [2.45, 2.75) is 19.4 Å². The Labute approximate surface area is 122 Å². The van der Waals surface area contributed by atoms with Crippen molar-refractivity contribution in [3.63, 3.8) is 0 Å². The number of nitro groups is 1. The summed E-state index contributed by atoms with van der Waals surface area (Å²) in [5.74, 6) is 0.519. The number of carbonyl (C=O) groups is 1. The summed E-state index contributed by atoms with van der Waals surface area (Å²) in [6, 6.07) is 4.28. The summed E-state index contributed by atoms with van der Waals surface area (Å²) < 4.78 is 0. The van der Waals surface area contributed by atoms with Crippen molar-refractivity contribution >= 4 is 29.0 Å². The molecule has 6 nitrogen and oxygen atoms in total. The van der Waals surface area contributed by atoms with Crippen LogP contribution in [0.15, 0.2) is 18.2 Å². The van der Waals surface area contributed by atoms with E-state index in [1.807, 2.05) is 13.2 Å². The molecule has 0 aliphatic rings. The van der Waals surface area contributed by atoms with E-state index in [4.69, 9.17) is 0 Å². The molecule has 7 heteroatoms. The standard InChI is InChI=1S/C13H19N3O3S/c1-4-9(8-20-3)15-13(17)11-7-10(16(18)19)5-6-12(11)14-2/h5-7,9,14H,4,8H2,1-3H3,(H,15,17). The predicted octanol–water partition coefficient (Wildman–Crippen LogP) is 2.51. The molecule has 1 amide bonds. The number of carbonyl (C=O) groups excluding carboxylic acids is 1. The highest BCUT2D eigenvalue weighted by Gasteiger charge is 2.18. The van der Waals surface area contributed by atoms with E-state index in [1.165, 1.54) is 12.1 Å². The lowest BCUT2D eigenvalue weighted by Crippen LogP contribution is -2.36. The summed E-state index contributed by atoms with van der Waals surface area (Å²) in [5.41, 5.74) is 0.778. The first-order chi connectivity index (χ1) is 9.53. The van der Waals surface area contributed by atoms with Gasteiger partial charge in [0.15, 0.2) is 0 Å². The first-order valence-electron chi connectivity index (χ1n) is 6.29. The lowest BCUT2D eigenvalue weighted by molar-refractivity contribution is -0.384. The van der Waals surface area contributed by atoms with Crippen molar-refractivity contribution in [3.05, 3.63) is 33.9 Å². The molecule has 0 aliphatic carbocycles. The Balaban J connectivity index is 3.00. The van der Waals surface area contributed by atoms with E-state index in [-0.39, 0.29) is 17.6 Å². The molecule has 0 heterocycles. The molecule has 1 rings (SSSR count). The number of benzene rings is 1. The van der Waals surface area contributed by atoms with E-state index in [1.54, 1.807) is 24.9 Å². The molecule has 0 saturated carbocycles. The Morgan fingerprint density at radius 2 is 2.20 bits per heavy atom. The van der Waals surface area contributed by atoms with Gasteiger partial charge in [0.1, 0.15) is 0 Å². The van der Waals surface area contributed by atoms with Crippen LogP contribution in [0.5, 0.6) is 0 Å². The van der Waals surface area contributed by atoms with Crippen molar-refractivity contribution in [1.29, 1.82) is 0 Å². The molecule has 0 aliphatic heterocycles. The number of anilines is 1. The van der Waals surface area contributed by atoms with Gasteiger partial charge < -0.3 is 10.6 Å². The molecule has 1 unspecified atom stereocenters. The summed E-state index contributed by atoms with van der Waals surface area (Å²) in [6.07, 6.45) is 2.79.